The third kappa shape index (κ3) is 13.5. The highest BCUT2D eigenvalue weighted by atomic mass is 16.5. The predicted octanol–water partition coefficient (Wildman–Crippen LogP) is 16.4. The fourth-order valence-electron chi connectivity index (χ4n) is 25.0. The van der Waals surface area contributed by atoms with E-state index in [2.05, 4.69) is 68.7 Å². The monoisotopic (exact) mass is 1380 g/mol. The van der Waals surface area contributed by atoms with Gasteiger partial charge in [0.05, 0.1) is 0 Å². The Morgan fingerprint density at radius 3 is 0.961 bits per heavy atom. The van der Waals surface area contributed by atoms with Gasteiger partial charge in [-0.1, -0.05) is 26.3 Å². The van der Waals surface area contributed by atoms with Crippen LogP contribution in [0.1, 0.15) is 190 Å². The van der Waals surface area contributed by atoms with Crippen LogP contribution in [0.4, 0.5) is 11.4 Å². The molecule has 2 N–H and O–H groups in total. The molecule has 4 aromatic carbocycles. The summed E-state index contributed by atoms with van der Waals surface area (Å²) in [7, 11) is 0. The Labute approximate surface area is 603 Å². The number of carbonyl (C=O) groups is 4. The van der Waals surface area contributed by atoms with E-state index in [1.807, 2.05) is 48.5 Å². The zero-order chi connectivity index (χ0) is 69.8. The molecule has 4 aliphatic heterocycles. The normalized spacial score (nSPS) is 35.3. The summed E-state index contributed by atoms with van der Waals surface area (Å²) < 4.78 is 35.1. The molecule has 16 saturated carbocycles. The summed E-state index contributed by atoms with van der Waals surface area (Å²) in [6.45, 7) is 24.1. The number of benzene rings is 4. The van der Waals surface area contributed by atoms with Gasteiger partial charge in [-0.3, -0.25) is 29.2 Å². The van der Waals surface area contributed by atoms with E-state index in [1.54, 1.807) is 26.0 Å². The molecule has 16 heteroatoms. The third-order valence-corrected chi connectivity index (χ3v) is 27.9. The molecule has 2 amide bonds. The minimum Gasteiger partial charge on any atom is -0.478 e. The number of carbonyl (C=O) groups excluding carboxylic acids is 4. The van der Waals surface area contributed by atoms with Crippen molar-refractivity contribution in [1.82, 2.24) is 19.6 Å². The van der Waals surface area contributed by atoms with Crippen LogP contribution in [0.25, 0.3) is 0 Å². The predicted molar refractivity (Wildman–Crippen MR) is 392 cm³/mol. The summed E-state index contributed by atoms with van der Waals surface area (Å²) in [5.41, 5.74) is 8.56. The summed E-state index contributed by atoms with van der Waals surface area (Å²) in [6.07, 6.45) is 36.1. The Morgan fingerprint density at radius 1 is 0.392 bits per heavy atom. The molecule has 4 heterocycles. The zero-order valence-electron chi connectivity index (χ0n) is 60.3. The number of rotatable bonds is 12. The molecule has 102 heavy (non-hydrogen) atoms. The molecule has 0 spiro atoms. The number of hydrogen-bond donors (Lipinski definition) is 2. The van der Waals surface area contributed by atoms with Crippen LogP contribution in [0, 0.1) is 71.0 Å². The molecule has 24 rings (SSSR count). The second kappa shape index (κ2) is 27.0. The van der Waals surface area contributed by atoms with Crippen LogP contribution < -0.4 is 39.1 Å². The SMILES string of the molecule is C=C(C)C(=O)Nc1ccc2c(c1)CN(C13CC4CC(CC(C4)C1)C3)CO2.C=C(C)C(=O)Oc1ccc2c(c1)CN(C13CC4CC(CC(C4)C1)C3)CO2.C=CC(=O)Nc1ccc2c(c1)CN(C13CC4CC(CC(C4)C1)C3)CO2.C=CC(=O)Oc1ccc2c(c1)CN(C13CC4CC(CC(C4)C1)C3)CO2. The third-order valence-electron chi connectivity index (χ3n) is 27.9. The Morgan fingerprint density at radius 2 is 0.676 bits per heavy atom. The number of hydrogen-bond acceptors (Lipinski definition) is 14. The van der Waals surface area contributed by atoms with E-state index < -0.39 is 5.97 Å². The molecule has 16 bridgehead atoms. The number of amides is 2. The van der Waals surface area contributed by atoms with Crippen LogP contribution >= 0.6 is 0 Å². The highest BCUT2D eigenvalue weighted by Crippen LogP contribution is 2.63. The summed E-state index contributed by atoms with van der Waals surface area (Å²) in [4.78, 5) is 57.1. The molecule has 0 aromatic heterocycles. The van der Waals surface area contributed by atoms with E-state index in [1.165, 1.54) is 177 Å². The molecule has 540 valence electrons. The lowest BCUT2D eigenvalue weighted by atomic mass is 9.52. The van der Waals surface area contributed by atoms with Gasteiger partial charge in [-0.2, -0.15) is 0 Å². The first kappa shape index (κ1) is 67.9. The van der Waals surface area contributed by atoms with Gasteiger partial charge in [0.15, 0.2) is 0 Å². The number of esters is 2. The maximum absolute atomic E-state index is 11.9. The van der Waals surface area contributed by atoms with Crippen molar-refractivity contribution in [1.29, 1.82) is 0 Å². The van der Waals surface area contributed by atoms with Crippen LogP contribution in [-0.2, 0) is 45.4 Å². The van der Waals surface area contributed by atoms with Crippen molar-refractivity contribution < 1.29 is 47.6 Å². The Hall–Kier alpha value is -7.24. The molecule has 0 radical (unpaired) electrons. The van der Waals surface area contributed by atoms with E-state index in [9.17, 15) is 19.2 Å². The molecule has 16 nitrogen and oxygen atoms in total. The van der Waals surface area contributed by atoms with Crippen molar-refractivity contribution in [3.63, 3.8) is 0 Å². The van der Waals surface area contributed by atoms with Gasteiger partial charge in [0, 0.05) is 99.2 Å². The first-order valence-corrected chi connectivity index (χ1v) is 38.9. The van der Waals surface area contributed by atoms with E-state index in [0.717, 1.165) is 143 Å². The number of anilines is 2. The molecular formula is C86H106N6O10. The number of nitrogens with zero attached hydrogens (tertiary/aromatic N) is 4. The average molecular weight is 1380 g/mol. The van der Waals surface area contributed by atoms with E-state index in [4.69, 9.17) is 28.4 Å². The van der Waals surface area contributed by atoms with Gasteiger partial charge in [-0.25, -0.2) is 9.59 Å². The van der Waals surface area contributed by atoms with Gasteiger partial charge in [0.1, 0.15) is 61.4 Å². The van der Waals surface area contributed by atoms with Crippen LogP contribution in [0.15, 0.2) is 122 Å². The average Bonchev–Trinajstić information content (AvgIpc) is 0.751. The number of ether oxygens (including phenoxy) is 6. The molecule has 0 saturated heterocycles. The van der Waals surface area contributed by atoms with Gasteiger partial charge in [-0.15, -0.1) is 0 Å². The maximum Gasteiger partial charge on any atom is 0.338 e. The largest absolute Gasteiger partial charge is 0.478 e. The molecule has 20 aliphatic rings. The summed E-state index contributed by atoms with van der Waals surface area (Å²) >= 11 is 0. The van der Waals surface area contributed by atoms with Crippen molar-refractivity contribution >= 4 is 35.1 Å². The number of nitrogens with one attached hydrogen (secondary N) is 2. The highest BCUT2D eigenvalue weighted by molar-refractivity contribution is 6.03. The summed E-state index contributed by atoms with van der Waals surface area (Å²) in [5, 5.41) is 5.79. The van der Waals surface area contributed by atoms with E-state index in [-0.39, 0.29) is 17.8 Å². The van der Waals surface area contributed by atoms with Crippen molar-refractivity contribution in [2.75, 3.05) is 37.6 Å². The Bertz CT molecular complexity index is 3610. The summed E-state index contributed by atoms with van der Waals surface area (Å²) in [5.74, 6) is 14.9. The second-order valence-corrected chi connectivity index (χ2v) is 35.4. The zero-order valence-corrected chi connectivity index (χ0v) is 60.3. The van der Waals surface area contributed by atoms with Gasteiger partial charge >= 0.3 is 11.9 Å². The number of fused-ring (bicyclic) bond motifs is 4. The quantitative estimate of drug-likeness (QED) is 0.0783. The van der Waals surface area contributed by atoms with Gasteiger partial charge in [-0.05, 0) is 318 Å². The lowest BCUT2D eigenvalue weighted by Gasteiger charge is -2.61. The summed E-state index contributed by atoms with van der Waals surface area (Å²) in [6, 6.07) is 23.3. The van der Waals surface area contributed by atoms with Crippen molar-refractivity contribution in [2.24, 2.45) is 71.0 Å². The molecule has 4 aromatic rings. The minimum absolute atomic E-state index is 0.125. The maximum atomic E-state index is 11.9. The van der Waals surface area contributed by atoms with Crippen molar-refractivity contribution in [2.45, 2.75) is 216 Å². The first-order valence-electron chi connectivity index (χ1n) is 38.9. The lowest BCUT2D eigenvalue weighted by molar-refractivity contribution is -0.130. The van der Waals surface area contributed by atoms with Gasteiger partial charge < -0.3 is 39.1 Å². The smallest absolute Gasteiger partial charge is 0.338 e. The van der Waals surface area contributed by atoms with Gasteiger partial charge in [0.25, 0.3) is 5.91 Å². The van der Waals surface area contributed by atoms with Gasteiger partial charge in [0.2, 0.25) is 5.91 Å². The van der Waals surface area contributed by atoms with Crippen LogP contribution in [0.2, 0.25) is 0 Å². The van der Waals surface area contributed by atoms with Crippen LogP contribution in [-0.4, -0.2) is 92.4 Å². The van der Waals surface area contributed by atoms with Crippen molar-refractivity contribution in [3.8, 4) is 34.5 Å². The van der Waals surface area contributed by atoms with Crippen LogP contribution in [0.5, 0.6) is 34.5 Å². The van der Waals surface area contributed by atoms with Crippen molar-refractivity contribution in [3.05, 3.63) is 145 Å². The van der Waals surface area contributed by atoms with Crippen LogP contribution in [0.3, 0.4) is 0 Å². The minimum atomic E-state index is -0.422. The fraction of sp³-hybridized carbons (Fsp3) is 0.581. The fourth-order valence-corrected chi connectivity index (χ4v) is 25.0. The molecular weight excluding hydrogens is 1280 g/mol. The molecule has 16 aliphatic carbocycles. The molecule has 0 unspecified atom stereocenters. The molecule has 16 fully saturated rings. The first-order chi connectivity index (χ1) is 49.3. The van der Waals surface area contributed by atoms with E-state index >= 15 is 0 Å². The van der Waals surface area contributed by atoms with E-state index in [0.29, 0.717) is 71.7 Å². The second-order valence-electron chi connectivity index (χ2n) is 35.4. The Kier molecular flexibility index (Phi) is 18.0. The lowest BCUT2D eigenvalue weighted by Crippen LogP contribution is -2.61. The Balaban J connectivity index is 0.000000101. The molecule has 0 atom stereocenters. The standard InChI is InChI=1S/C22H28N2O2.C22H27NO3.C21H26N2O2.C21H25NO3/c1-14(2)21(25)23-19-3-4-20-18(8-19)12-24(13-26-20)22-9-15-5-16(10-22)7-17(6-15)11-22;1-14(2)21(24)26-19-3-4-20-18(8-19)12-23(13-25-20)22-9-15-5-16(10-22)7-17(6-15)11-22;1-2-20(24)22-18-3-4-19-17(8-18)12-23(13-25-19)21-9-14-5-15(10-21)7-16(6-14)11-21;1-2-20(23)25-18-3-4-19-17(8-18)12-22(13-24-19)21-9-14-5-15(10-21)7-16(6-14)11-21/h3-4,8,15-17H,1,5-7,9-13H2,2H3,(H,23,25);3-4,8,15-17H,1,5-7,9-13H2,2H3;2-4,8,14-16H,1,5-7,9-13H2,(H,22,24);2-4,8,14-16H,1,5-7,9-13H2. The highest BCUT2D eigenvalue weighted by Gasteiger charge is 2.58. The topological polar surface area (TPSA) is 161 Å².